The molecule has 0 radical (unpaired) electrons. The van der Waals surface area contributed by atoms with E-state index in [9.17, 15) is 0 Å². The van der Waals surface area contributed by atoms with E-state index < -0.39 is 0 Å². The molecule has 0 aliphatic carbocycles. The van der Waals surface area contributed by atoms with Gasteiger partial charge in [-0.3, -0.25) is 0 Å². The third-order valence-corrected chi connectivity index (χ3v) is 4.72. The van der Waals surface area contributed by atoms with Gasteiger partial charge < -0.3 is 0 Å². The van der Waals surface area contributed by atoms with Crippen LogP contribution in [0.5, 0.6) is 0 Å². The van der Waals surface area contributed by atoms with Crippen LogP contribution >= 0.6 is 0 Å². The van der Waals surface area contributed by atoms with Gasteiger partial charge in [-0.15, -0.1) is 0 Å². The molecule has 0 aromatic heterocycles. The van der Waals surface area contributed by atoms with Crippen molar-refractivity contribution < 1.29 is 0 Å². The van der Waals surface area contributed by atoms with E-state index in [-0.39, 0.29) is 0 Å². The molecular weight excluding hydrogens is 247 g/mol. The second-order valence-electron chi connectivity index (χ2n) is 5.87. The number of rotatable bonds is 0. The van der Waals surface area contributed by atoms with Crippen molar-refractivity contribution in [1.82, 2.24) is 0 Å². The molecule has 0 saturated carbocycles. The summed E-state index contributed by atoms with van der Waals surface area (Å²) in [7, 11) is 0. The van der Waals surface area contributed by atoms with E-state index in [4.69, 9.17) is 0 Å². The van der Waals surface area contributed by atoms with Gasteiger partial charge in [-0.05, 0) is 0 Å². The topological polar surface area (TPSA) is 0 Å². The zero-order chi connectivity index (χ0) is 14.0. The molecular formula is C20H11Li. The Morgan fingerprint density at radius 3 is 1.76 bits per heavy atom. The number of benzene rings is 5. The van der Waals surface area contributed by atoms with Crippen molar-refractivity contribution in [1.29, 1.82) is 0 Å². The Morgan fingerprint density at radius 2 is 1.05 bits per heavy atom. The van der Waals surface area contributed by atoms with Crippen molar-refractivity contribution in [3.05, 3.63) is 66.7 Å². The summed E-state index contributed by atoms with van der Waals surface area (Å²) >= 11 is 2.22. The van der Waals surface area contributed by atoms with Crippen LogP contribution in [0.25, 0.3) is 43.1 Å². The van der Waals surface area contributed by atoms with E-state index in [2.05, 4.69) is 84.4 Å². The molecule has 0 spiro atoms. The van der Waals surface area contributed by atoms with E-state index in [0.717, 1.165) is 0 Å². The summed E-state index contributed by atoms with van der Waals surface area (Å²) in [6.07, 6.45) is 0. The summed E-state index contributed by atoms with van der Waals surface area (Å²) in [5.41, 5.74) is 0. The van der Waals surface area contributed by atoms with Crippen LogP contribution in [0.2, 0.25) is 0 Å². The van der Waals surface area contributed by atoms with Gasteiger partial charge in [0, 0.05) is 0 Å². The average molecular weight is 258 g/mol. The third-order valence-electron chi connectivity index (χ3n) is 4.72. The Hall–Kier alpha value is -2.00. The maximum atomic E-state index is 2.27. The minimum absolute atomic E-state index is 1.33. The molecule has 0 heterocycles. The van der Waals surface area contributed by atoms with E-state index in [1.807, 2.05) is 0 Å². The predicted octanol–water partition coefficient (Wildman–Crippen LogP) is 4.53. The zero-order valence-corrected chi connectivity index (χ0v) is 11.9. The van der Waals surface area contributed by atoms with Crippen molar-refractivity contribution >= 4 is 65.0 Å². The molecule has 5 aromatic rings. The van der Waals surface area contributed by atoms with Crippen LogP contribution in [-0.2, 0) is 0 Å². The summed E-state index contributed by atoms with van der Waals surface area (Å²) in [6.45, 7) is 0. The molecule has 0 bridgehead atoms. The summed E-state index contributed by atoms with van der Waals surface area (Å²) in [5, 5.41) is 11.0. The van der Waals surface area contributed by atoms with Crippen LogP contribution in [0.1, 0.15) is 0 Å². The Kier molecular flexibility index (Phi) is 2.22. The molecule has 0 aliphatic heterocycles. The first-order valence-electron chi connectivity index (χ1n) is 7.39. The molecule has 5 rings (SSSR count). The summed E-state index contributed by atoms with van der Waals surface area (Å²) in [6, 6.07) is 24.4. The summed E-state index contributed by atoms with van der Waals surface area (Å²) in [5.74, 6) is 0. The van der Waals surface area contributed by atoms with Gasteiger partial charge in [0.25, 0.3) is 0 Å². The molecule has 0 amide bonds. The first-order chi connectivity index (χ1) is 10.3. The fraction of sp³-hybridized carbons (Fsp3) is 0. The van der Waals surface area contributed by atoms with Crippen LogP contribution in [0.15, 0.2) is 66.7 Å². The van der Waals surface area contributed by atoms with Gasteiger partial charge in [-0.2, -0.15) is 0 Å². The van der Waals surface area contributed by atoms with Crippen LogP contribution in [-0.4, -0.2) is 17.7 Å². The molecule has 5 aromatic carbocycles. The van der Waals surface area contributed by atoms with Crippen molar-refractivity contribution in [2.45, 2.75) is 0 Å². The molecule has 21 heavy (non-hydrogen) atoms. The normalized spacial score (nSPS) is 12.1. The SMILES string of the molecule is [Li][c]1ccc2cccc3c4cccc5cccc(c1c23)c54. The maximum absolute atomic E-state index is 2.27. The molecule has 0 fully saturated rings. The van der Waals surface area contributed by atoms with Gasteiger partial charge in [-0.25, -0.2) is 0 Å². The van der Waals surface area contributed by atoms with E-state index in [0.29, 0.717) is 0 Å². The van der Waals surface area contributed by atoms with Gasteiger partial charge in [-0.1, -0.05) is 0 Å². The van der Waals surface area contributed by atoms with Crippen LogP contribution in [0.3, 0.4) is 0 Å². The first kappa shape index (κ1) is 11.6. The van der Waals surface area contributed by atoms with Gasteiger partial charge in [0.05, 0.1) is 0 Å². The van der Waals surface area contributed by atoms with Gasteiger partial charge in [0.2, 0.25) is 0 Å². The van der Waals surface area contributed by atoms with Crippen molar-refractivity contribution in [3.8, 4) is 0 Å². The second-order valence-corrected chi connectivity index (χ2v) is 5.87. The Morgan fingerprint density at radius 1 is 0.476 bits per heavy atom. The standard InChI is InChI=1S/C20H11.Li/c1-5-13-6-2-11-17-18-12-4-8-14-7-3-10-16(20(14)18)15(9-1)19(13)17;/h1-11H;. The Labute approximate surface area is 131 Å². The van der Waals surface area contributed by atoms with Crippen molar-refractivity contribution in [3.63, 3.8) is 0 Å². The second kappa shape index (κ2) is 4.01. The fourth-order valence-electron chi connectivity index (χ4n) is 3.83. The van der Waals surface area contributed by atoms with E-state index in [1.165, 1.54) is 47.3 Å². The Balaban J connectivity index is 2.32. The minimum atomic E-state index is 1.33. The van der Waals surface area contributed by atoms with Gasteiger partial charge >= 0.3 is 132 Å². The molecule has 0 nitrogen and oxygen atoms in total. The number of fused-ring (bicyclic) bond motifs is 2. The van der Waals surface area contributed by atoms with Gasteiger partial charge in [0.1, 0.15) is 0 Å². The van der Waals surface area contributed by atoms with Crippen LogP contribution < -0.4 is 4.24 Å². The quantitative estimate of drug-likeness (QED) is 0.217. The first-order valence-corrected chi connectivity index (χ1v) is 7.39. The number of hydrogen-bond acceptors (Lipinski definition) is 0. The predicted molar refractivity (Wildman–Crippen MR) is 93.0 cm³/mol. The molecule has 0 atom stereocenters. The fourth-order valence-corrected chi connectivity index (χ4v) is 3.83. The third kappa shape index (κ3) is 1.42. The zero-order valence-electron chi connectivity index (χ0n) is 11.9. The average Bonchev–Trinajstić information content (AvgIpc) is 2.53. The molecule has 0 unspecified atom stereocenters. The van der Waals surface area contributed by atoms with Crippen molar-refractivity contribution in [2.75, 3.05) is 0 Å². The van der Waals surface area contributed by atoms with Gasteiger partial charge in [0.15, 0.2) is 0 Å². The van der Waals surface area contributed by atoms with E-state index >= 15 is 0 Å². The molecule has 92 valence electrons. The van der Waals surface area contributed by atoms with Crippen molar-refractivity contribution in [2.24, 2.45) is 0 Å². The Bertz CT molecular complexity index is 1130. The molecule has 0 saturated heterocycles. The monoisotopic (exact) mass is 258 g/mol. The molecule has 0 aliphatic rings. The van der Waals surface area contributed by atoms with E-state index in [1.54, 1.807) is 0 Å². The van der Waals surface area contributed by atoms with Crippen LogP contribution in [0, 0.1) is 0 Å². The number of hydrogen-bond donors (Lipinski definition) is 0. The molecule has 0 N–H and O–H groups in total. The van der Waals surface area contributed by atoms with Crippen LogP contribution in [0.4, 0.5) is 0 Å². The summed E-state index contributed by atoms with van der Waals surface area (Å²) in [4.78, 5) is 0. The summed E-state index contributed by atoms with van der Waals surface area (Å²) < 4.78 is 1.36. The molecule has 1 heteroatoms.